The van der Waals surface area contributed by atoms with Crippen molar-refractivity contribution in [2.24, 2.45) is 0 Å². The van der Waals surface area contributed by atoms with Crippen LogP contribution in [0.5, 0.6) is 5.75 Å². The summed E-state index contributed by atoms with van der Waals surface area (Å²) < 4.78 is 6.48. The van der Waals surface area contributed by atoms with Crippen molar-refractivity contribution in [1.29, 1.82) is 0 Å². The first-order chi connectivity index (χ1) is 14.2. The highest BCUT2D eigenvalue weighted by molar-refractivity contribution is 5.55. The Morgan fingerprint density at radius 3 is 1.97 bits per heavy atom. The Kier molecular flexibility index (Phi) is 9.46. The van der Waals surface area contributed by atoms with Gasteiger partial charge in [0.2, 0.25) is 0 Å². The van der Waals surface area contributed by atoms with E-state index < -0.39 is 0 Å². The second-order valence-electron chi connectivity index (χ2n) is 9.62. The fraction of sp³-hybridized carbons (Fsp3) is 0.586. The van der Waals surface area contributed by atoms with Gasteiger partial charge >= 0.3 is 0 Å². The molecule has 1 heterocycles. The van der Waals surface area contributed by atoms with Gasteiger partial charge in [0, 0.05) is 0 Å². The standard InChI is InChI=1S/C29H44O/c1-20(2)12-9-13-21(3)14-10-15-22(4)16-11-17-27-18-19-28-25(7)23(5)24(6)26(8)29(28)30-27/h12,14,16,27H,9-11,13,15,17-19H2,1-8H3/b21-14+,22-16+. The van der Waals surface area contributed by atoms with E-state index in [1.54, 1.807) is 0 Å². The third kappa shape index (κ3) is 6.89. The number of rotatable bonds is 9. The van der Waals surface area contributed by atoms with Crippen LogP contribution in [0.2, 0.25) is 0 Å². The van der Waals surface area contributed by atoms with Crippen molar-refractivity contribution in [3.8, 4) is 5.75 Å². The average Bonchev–Trinajstić information content (AvgIpc) is 2.70. The first-order valence-corrected chi connectivity index (χ1v) is 11.9. The summed E-state index contributed by atoms with van der Waals surface area (Å²) in [5.74, 6) is 1.18. The Balaban J connectivity index is 1.80. The van der Waals surface area contributed by atoms with Gasteiger partial charge in [-0.1, -0.05) is 34.9 Å². The SMILES string of the molecule is CC(C)=CCC/C(C)=C/CC/C(C)=C/CCC1CCc2c(C)c(C)c(C)c(C)c2O1. The topological polar surface area (TPSA) is 9.23 Å². The molecule has 166 valence electrons. The van der Waals surface area contributed by atoms with Crippen LogP contribution in [0.25, 0.3) is 0 Å². The Bertz CT molecular complexity index is 816. The molecule has 0 amide bonds. The van der Waals surface area contributed by atoms with Gasteiger partial charge in [-0.15, -0.1) is 0 Å². The smallest absolute Gasteiger partial charge is 0.126 e. The summed E-state index contributed by atoms with van der Waals surface area (Å²) in [7, 11) is 0. The van der Waals surface area contributed by atoms with Crippen LogP contribution in [-0.2, 0) is 6.42 Å². The molecule has 0 N–H and O–H groups in total. The summed E-state index contributed by atoms with van der Waals surface area (Å²) >= 11 is 0. The van der Waals surface area contributed by atoms with Crippen LogP contribution in [-0.4, -0.2) is 6.10 Å². The summed E-state index contributed by atoms with van der Waals surface area (Å²) in [6.07, 6.45) is 16.8. The number of hydrogen-bond donors (Lipinski definition) is 0. The van der Waals surface area contributed by atoms with Crippen LogP contribution in [0.15, 0.2) is 34.9 Å². The molecular formula is C29H44O. The van der Waals surface area contributed by atoms with Crippen LogP contribution < -0.4 is 4.74 Å². The molecule has 0 spiro atoms. The maximum atomic E-state index is 6.48. The predicted molar refractivity (Wildman–Crippen MR) is 133 cm³/mol. The fourth-order valence-electron chi connectivity index (χ4n) is 4.40. The molecule has 0 aliphatic carbocycles. The monoisotopic (exact) mass is 408 g/mol. The molecule has 1 heteroatoms. The van der Waals surface area contributed by atoms with E-state index in [1.807, 2.05) is 0 Å². The van der Waals surface area contributed by atoms with E-state index in [0.717, 1.165) is 32.1 Å². The molecule has 1 atom stereocenters. The molecule has 0 aromatic heterocycles. The first kappa shape index (κ1) is 24.5. The molecule has 0 fully saturated rings. The lowest BCUT2D eigenvalue weighted by atomic mass is 9.88. The van der Waals surface area contributed by atoms with Crippen LogP contribution in [0.4, 0.5) is 0 Å². The third-order valence-electron chi connectivity index (χ3n) is 6.86. The third-order valence-corrected chi connectivity index (χ3v) is 6.86. The first-order valence-electron chi connectivity index (χ1n) is 11.9. The molecule has 0 radical (unpaired) electrons. The van der Waals surface area contributed by atoms with Crippen molar-refractivity contribution in [3.05, 3.63) is 62.8 Å². The number of fused-ring (bicyclic) bond motifs is 1. The molecule has 30 heavy (non-hydrogen) atoms. The molecular weight excluding hydrogens is 364 g/mol. The minimum Gasteiger partial charge on any atom is -0.490 e. The molecule has 2 rings (SSSR count). The molecule has 0 saturated heterocycles. The van der Waals surface area contributed by atoms with Gasteiger partial charge in [0.25, 0.3) is 0 Å². The highest BCUT2D eigenvalue weighted by atomic mass is 16.5. The summed E-state index contributed by atoms with van der Waals surface area (Å²) in [5, 5.41) is 0. The Hall–Kier alpha value is -1.76. The minimum absolute atomic E-state index is 0.360. The molecule has 1 aliphatic rings. The van der Waals surface area contributed by atoms with Crippen molar-refractivity contribution >= 4 is 0 Å². The number of allylic oxidation sites excluding steroid dienone is 6. The molecule has 1 unspecified atom stereocenters. The van der Waals surface area contributed by atoms with Crippen LogP contribution in [0, 0.1) is 27.7 Å². The van der Waals surface area contributed by atoms with Gasteiger partial charge < -0.3 is 4.74 Å². The van der Waals surface area contributed by atoms with Crippen molar-refractivity contribution < 1.29 is 4.74 Å². The van der Waals surface area contributed by atoms with Crippen molar-refractivity contribution in [2.75, 3.05) is 0 Å². The minimum atomic E-state index is 0.360. The molecule has 0 saturated carbocycles. The van der Waals surface area contributed by atoms with Crippen LogP contribution in [0.3, 0.4) is 0 Å². The summed E-state index contributed by atoms with van der Waals surface area (Å²) in [5.41, 5.74) is 11.5. The lowest BCUT2D eigenvalue weighted by Crippen LogP contribution is -2.24. The summed E-state index contributed by atoms with van der Waals surface area (Å²) in [6.45, 7) is 17.9. The van der Waals surface area contributed by atoms with Gasteiger partial charge in [0.1, 0.15) is 5.75 Å². The Morgan fingerprint density at radius 2 is 1.33 bits per heavy atom. The van der Waals surface area contributed by atoms with Gasteiger partial charge in [-0.2, -0.15) is 0 Å². The molecule has 1 aromatic carbocycles. The zero-order valence-electron chi connectivity index (χ0n) is 20.9. The van der Waals surface area contributed by atoms with Crippen molar-refractivity contribution in [3.63, 3.8) is 0 Å². The maximum absolute atomic E-state index is 6.48. The molecule has 0 bridgehead atoms. The number of hydrogen-bond acceptors (Lipinski definition) is 1. The van der Waals surface area contributed by atoms with E-state index in [0.29, 0.717) is 6.10 Å². The van der Waals surface area contributed by atoms with Gasteiger partial charge in [-0.05, 0) is 135 Å². The quantitative estimate of drug-likeness (QED) is 0.371. The van der Waals surface area contributed by atoms with E-state index in [9.17, 15) is 0 Å². The normalized spacial score (nSPS) is 16.9. The lowest BCUT2D eigenvalue weighted by molar-refractivity contribution is 0.163. The van der Waals surface area contributed by atoms with Crippen molar-refractivity contribution in [2.45, 2.75) is 113 Å². The number of ether oxygens (including phenoxy) is 1. The Morgan fingerprint density at radius 1 is 0.767 bits per heavy atom. The largest absolute Gasteiger partial charge is 0.490 e. The van der Waals surface area contributed by atoms with Gasteiger partial charge in [0.05, 0.1) is 6.10 Å². The van der Waals surface area contributed by atoms with Crippen LogP contribution >= 0.6 is 0 Å². The molecule has 1 aliphatic heterocycles. The maximum Gasteiger partial charge on any atom is 0.126 e. The second-order valence-corrected chi connectivity index (χ2v) is 9.62. The Labute approximate surface area is 186 Å². The van der Waals surface area contributed by atoms with Gasteiger partial charge in [-0.3, -0.25) is 0 Å². The van der Waals surface area contributed by atoms with Gasteiger partial charge in [0.15, 0.2) is 0 Å². The van der Waals surface area contributed by atoms with Crippen LogP contribution in [0.1, 0.15) is 100 Å². The van der Waals surface area contributed by atoms with E-state index in [2.05, 4.69) is 73.6 Å². The predicted octanol–water partition coefficient (Wildman–Crippen LogP) is 8.81. The average molecular weight is 409 g/mol. The zero-order chi connectivity index (χ0) is 22.3. The fourth-order valence-corrected chi connectivity index (χ4v) is 4.40. The van der Waals surface area contributed by atoms with E-state index in [4.69, 9.17) is 4.74 Å². The highest BCUT2D eigenvalue weighted by Gasteiger charge is 2.24. The molecule has 1 nitrogen and oxygen atoms in total. The van der Waals surface area contributed by atoms with Crippen molar-refractivity contribution in [1.82, 2.24) is 0 Å². The zero-order valence-corrected chi connectivity index (χ0v) is 20.9. The van der Waals surface area contributed by atoms with Gasteiger partial charge in [-0.25, -0.2) is 0 Å². The summed E-state index contributed by atoms with van der Waals surface area (Å²) in [6, 6.07) is 0. The summed E-state index contributed by atoms with van der Waals surface area (Å²) in [4.78, 5) is 0. The second kappa shape index (κ2) is 11.6. The number of benzene rings is 1. The molecule has 1 aromatic rings. The van der Waals surface area contributed by atoms with E-state index in [1.165, 1.54) is 69.5 Å². The van der Waals surface area contributed by atoms with E-state index in [-0.39, 0.29) is 0 Å². The lowest BCUT2D eigenvalue weighted by Gasteiger charge is -2.30. The highest BCUT2D eigenvalue weighted by Crippen LogP contribution is 2.38. The van der Waals surface area contributed by atoms with E-state index >= 15 is 0 Å².